The van der Waals surface area contributed by atoms with Gasteiger partial charge in [-0.05, 0) is 30.7 Å². The van der Waals surface area contributed by atoms with Crippen LogP contribution in [-0.4, -0.2) is 29.5 Å². The summed E-state index contributed by atoms with van der Waals surface area (Å²) in [5.74, 6) is 0.996. The molecule has 0 unspecified atom stereocenters. The molecular formula is C23H17ClN6O. The van der Waals surface area contributed by atoms with Gasteiger partial charge in [0.05, 0.1) is 29.8 Å². The number of nitrogens with zero attached hydrogens (tertiary/aromatic N) is 6. The van der Waals surface area contributed by atoms with Crippen LogP contribution in [0.2, 0.25) is 5.02 Å². The molecule has 0 amide bonds. The molecule has 1 aliphatic rings. The first-order chi connectivity index (χ1) is 15.2. The maximum Gasteiger partial charge on any atom is 0.278 e. The Bertz CT molecular complexity index is 1420. The molecule has 0 saturated heterocycles. The Morgan fingerprint density at radius 3 is 2.81 bits per heavy atom. The van der Waals surface area contributed by atoms with Crippen LogP contribution < -0.4 is 0 Å². The zero-order valence-corrected chi connectivity index (χ0v) is 17.4. The van der Waals surface area contributed by atoms with Crippen LogP contribution in [0.25, 0.3) is 28.5 Å². The van der Waals surface area contributed by atoms with Crippen LogP contribution in [0.5, 0.6) is 0 Å². The zero-order chi connectivity index (χ0) is 20.9. The van der Waals surface area contributed by atoms with Gasteiger partial charge in [0, 0.05) is 22.6 Å². The molecule has 0 saturated carbocycles. The highest BCUT2D eigenvalue weighted by Crippen LogP contribution is 2.39. The second-order valence-electron chi connectivity index (χ2n) is 7.56. The van der Waals surface area contributed by atoms with Gasteiger partial charge in [-0.1, -0.05) is 47.1 Å². The van der Waals surface area contributed by atoms with Crippen molar-refractivity contribution in [2.45, 2.75) is 19.9 Å². The number of aryl methyl sites for hydroxylation is 1. The molecule has 0 fully saturated rings. The third kappa shape index (κ3) is 2.97. The van der Waals surface area contributed by atoms with E-state index in [-0.39, 0.29) is 0 Å². The van der Waals surface area contributed by atoms with Crippen molar-refractivity contribution in [1.82, 2.24) is 29.5 Å². The van der Waals surface area contributed by atoms with Crippen LogP contribution in [0.4, 0.5) is 0 Å². The van der Waals surface area contributed by atoms with Crippen molar-refractivity contribution in [2.75, 3.05) is 0 Å². The van der Waals surface area contributed by atoms with Crippen LogP contribution >= 0.6 is 11.6 Å². The first-order valence-corrected chi connectivity index (χ1v) is 10.3. The Kier molecular flexibility index (Phi) is 4.04. The summed E-state index contributed by atoms with van der Waals surface area (Å²) >= 11 is 6.42. The number of halogens is 1. The second kappa shape index (κ2) is 6.92. The van der Waals surface area contributed by atoms with E-state index in [1.807, 2.05) is 47.3 Å². The topological polar surface area (TPSA) is 74.6 Å². The minimum atomic E-state index is 0.418. The lowest BCUT2D eigenvalue weighted by molar-refractivity contribution is 0.424. The maximum absolute atomic E-state index is 6.42. The molecule has 1 aliphatic heterocycles. The van der Waals surface area contributed by atoms with Crippen molar-refractivity contribution in [2.24, 2.45) is 0 Å². The fourth-order valence-electron chi connectivity index (χ4n) is 4.15. The number of fused-ring (bicyclic) bond motifs is 5. The summed E-state index contributed by atoms with van der Waals surface area (Å²) in [4.78, 5) is 8.98. The summed E-state index contributed by atoms with van der Waals surface area (Å²) in [5.41, 5.74) is 7.00. The fourth-order valence-corrected chi connectivity index (χ4v) is 4.32. The summed E-state index contributed by atoms with van der Waals surface area (Å²) in [6, 6.07) is 16.2. The molecule has 31 heavy (non-hydrogen) atoms. The van der Waals surface area contributed by atoms with Crippen molar-refractivity contribution in [3.05, 3.63) is 88.7 Å². The molecule has 2 aromatic carbocycles. The van der Waals surface area contributed by atoms with Crippen LogP contribution in [0.15, 0.2) is 65.6 Å². The normalized spacial score (nSPS) is 12.2. The summed E-state index contributed by atoms with van der Waals surface area (Å²) in [7, 11) is 0. The van der Waals surface area contributed by atoms with E-state index in [1.54, 1.807) is 13.3 Å². The second-order valence-corrected chi connectivity index (χ2v) is 7.99. The Hall–Kier alpha value is -3.71. The largest absolute Gasteiger partial charge is 0.332 e. The van der Waals surface area contributed by atoms with Gasteiger partial charge in [0.25, 0.3) is 5.89 Å². The highest BCUT2D eigenvalue weighted by atomic mass is 35.5. The van der Waals surface area contributed by atoms with Gasteiger partial charge < -0.3 is 9.09 Å². The smallest absolute Gasteiger partial charge is 0.278 e. The van der Waals surface area contributed by atoms with E-state index < -0.39 is 0 Å². The van der Waals surface area contributed by atoms with Gasteiger partial charge in [0.15, 0.2) is 11.5 Å². The molecule has 6 rings (SSSR count). The zero-order valence-electron chi connectivity index (χ0n) is 16.7. The lowest BCUT2D eigenvalue weighted by Gasteiger charge is -2.13. The molecule has 0 spiro atoms. The van der Waals surface area contributed by atoms with E-state index >= 15 is 0 Å². The third-order valence-corrected chi connectivity index (χ3v) is 5.75. The molecule has 152 valence electrons. The van der Waals surface area contributed by atoms with E-state index in [0.717, 1.165) is 28.2 Å². The molecule has 0 radical (unpaired) electrons. The molecular weight excluding hydrogens is 412 g/mol. The number of aromatic nitrogens is 6. The lowest BCUT2D eigenvalue weighted by atomic mass is 10.0. The minimum Gasteiger partial charge on any atom is -0.332 e. The van der Waals surface area contributed by atoms with Crippen LogP contribution in [0, 0.1) is 6.92 Å². The van der Waals surface area contributed by atoms with Crippen molar-refractivity contribution in [3.8, 4) is 28.5 Å². The molecule has 4 heterocycles. The van der Waals surface area contributed by atoms with E-state index in [0.29, 0.717) is 35.4 Å². The monoisotopic (exact) mass is 428 g/mol. The average Bonchev–Trinajstić information content (AvgIpc) is 3.46. The van der Waals surface area contributed by atoms with E-state index in [2.05, 4.69) is 31.8 Å². The van der Waals surface area contributed by atoms with Crippen molar-refractivity contribution in [1.29, 1.82) is 0 Å². The van der Waals surface area contributed by atoms with Gasteiger partial charge in [-0.15, -0.1) is 0 Å². The molecule has 5 aromatic rings. The summed E-state index contributed by atoms with van der Waals surface area (Å²) in [5, 5.41) is 9.32. The maximum atomic E-state index is 6.42. The minimum absolute atomic E-state index is 0.418. The van der Waals surface area contributed by atoms with E-state index in [4.69, 9.17) is 21.2 Å². The Balaban J connectivity index is 1.56. The van der Waals surface area contributed by atoms with Crippen molar-refractivity contribution < 1.29 is 4.52 Å². The molecule has 0 N–H and O–H groups in total. The molecule has 0 atom stereocenters. The average molecular weight is 429 g/mol. The molecule has 8 heteroatoms. The van der Waals surface area contributed by atoms with Gasteiger partial charge in [0.1, 0.15) is 6.33 Å². The highest BCUT2D eigenvalue weighted by Gasteiger charge is 2.28. The summed E-state index contributed by atoms with van der Waals surface area (Å²) in [6.07, 6.45) is 4.36. The molecule has 3 aromatic heterocycles. The predicted octanol–water partition coefficient (Wildman–Crippen LogP) is 4.70. The number of benzene rings is 2. The van der Waals surface area contributed by atoms with E-state index in [9.17, 15) is 0 Å². The number of imidazole rings is 1. The fraction of sp³-hybridized carbons (Fsp3) is 0.130. The van der Waals surface area contributed by atoms with Crippen LogP contribution in [-0.2, 0) is 13.0 Å². The van der Waals surface area contributed by atoms with Crippen molar-refractivity contribution >= 4 is 11.6 Å². The number of hydrogen-bond donors (Lipinski definition) is 0. The number of hydrogen-bond acceptors (Lipinski definition) is 5. The lowest BCUT2D eigenvalue weighted by Crippen LogP contribution is -2.05. The van der Waals surface area contributed by atoms with E-state index in [1.165, 1.54) is 5.56 Å². The molecule has 7 nitrogen and oxygen atoms in total. The summed E-state index contributed by atoms with van der Waals surface area (Å²) in [6.45, 7) is 2.47. The van der Waals surface area contributed by atoms with Gasteiger partial charge >= 0.3 is 0 Å². The van der Waals surface area contributed by atoms with Crippen LogP contribution in [0.3, 0.4) is 0 Å². The standard InChI is InChI=1S/C23H17ClN6O/c1-14-27-23(31-28-14)21-20-9-16-11-26-30(12-15-5-3-2-4-6-15)22(16)18-10-17(24)7-8-19(18)29(20)13-25-21/h2-8,10-11,13H,9,12H2,1H3. The summed E-state index contributed by atoms with van der Waals surface area (Å²) < 4.78 is 9.53. The molecule has 0 aliphatic carbocycles. The Morgan fingerprint density at radius 2 is 2.00 bits per heavy atom. The first kappa shape index (κ1) is 18.1. The van der Waals surface area contributed by atoms with Gasteiger partial charge in [-0.25, -0.2) is 4.98 Å². The SMILES string of the molecule is Cc1noc(-c2ncn3c2Cc2cnn(Cc4ccccc4)c2-c2cc(Cl)ccc2-3)n1. The van der Waals surface area contributed by atoms with Gasteiger partial charge in [-0.2, -0.15) is 10.1 Å². The Morgan fingerprint density at radius 1 is 1.13 bits per heavy atom. The first-order valence-electron chi connectivity index (χ1n) is 9.93. The molecule has 0 bridgehead atoms. The Labute approximate surface area is 182 Å². The predicted molar refractivity (Wildman–Crippen MR) is 116 cm³/mol. The van der Waals surface area contributed by atoms with Crippen molar-refractivity contribution in [3.63, 3.8) is 0 Å². The number of rotatable bonds is 3. The third-order valence-electron chi connectivity index (χ3n) is 5.52. The van der Waals surface area contributed by atoms with Gasteiger partial charge in [0.2, 0.25) is 0 Å². The van der Waals surface area contributed by atoms with Crippen LogP contribution in [0.1, 0.15) is 22.6 Å². The highest BCUT2D eigenvalue weighted by molar-refractivity contribution is 6.31. The quantitative estimate of drug-likeness (QED) is 0.408. The van der Waals surface area contributed by atoms with Gasteiger partial charge in [-0.3, -0.25) is 4.68 Å².